The Morgan fingerprint density at radius 1 is 1.00 bits per heavy atom. The van der Waals surface area contributed by atoms with Crippen molar-refractivity contribution < 1.29 is 0 Å². The summed E-state index contributed by atoms with van der Waals surface area (Å²) in [5.74, 6) is 2.03. The molecular formula is C15H28N2. The molecular weight excluding hydrogens is 208 g/mol. The molecule has 1 aliphatic carbocycles. The SMILES string of the molecule is C1CCC(C2CCCN2CCC2CCNC2)C1. The van der Waals surface area contributed by atoms with Crippen molar-refractivity contribution in [1.82, 2.24) is 10.2 Å². The van der Waals surface area contributed by atoms with Crippen LogP contribution >= 0.6 is 0 Å². The van der Waals surface area contributed by atoms with Crippen LogP contribution in [0.1, 0.15) is 51.4 Å². The van der Waals surface area contributed by atoms with Gasteiger partial charge in [0.25, 0.3) is 0 Å². The van der Waals surface area contributed by atoms with Gasteiger partial charge in [-0.3, -0.25) is 0 Å². The molecule has 0 spiro atoms. The van der Waals surface area contributed by atoms with E-state index in [1.165, 1.54) is 77.5 Å². The second-order valence-electron chi connectivity index (χ2n) is 6.44. The lowest BCUT2D eigenvalue weighted by atomic mass is 9.95. The van der Waals surface area contributed by atoms with Gasteiger partial charge >= 0.3 is 0 Å². The van der Waals surface area contributed by atoms with Gasteiger partial charge in [0.05, 0.1) is 0 Å². The van der Waals surface area contributed by atoms with E-state index in [0.29, 0.717) is 0 Å². The van der Waals surface area contributed by atoms with Crippen molar-refractivity contribution in [2.24, 2.45) is 11.8 Å². The Morgan fingerprint density at radius 2 is 1.88 bits per heavy atom. The fourth-order valence-corrected chi connectivity index (χ4v) is 4.31. The Labute approximate surface area is 106 Å². The van der Waals surface area contributed by atoms with Crippen LogP contribution in [0.5, 0.6) is 0 Å². The van der Waals surface area contributed by atoms with Gasteiger partial charge in [0.1, 0.15) is 0 Å². The minimum Gasteiger partial charge on any atom is -0.316 e. The second-order valence-corrected chi connectivity index (χ2v) is 6.44. The molecule has 2 aliphatic heterocycles. The predicted molar refractivity (Wildman–Crippen MR) is 72.1 cm³/mol. The van der Waals surface area contributed by atoms with Crippen molar-refractivity contribution in [2.45, 2.75) is 57.4 Å². The molecule has 0 amide bonds. The Bertz CT molecular complexity index is 229. The zero-order valence-corrected chi connectivity index (χ0v) is 11.2. The summed E-state index contributed by atoms with van der Waals surface area (Å²) in [7, 11) is 0. The van der Waals surface area contributed by atoms with Gasteiger partial charge in [-0.1, -0.05) is 12.8 Å². The number of rotatable bonds is 4. The van der Waals surface area contributed by atoms with Crippen molar-refractivity contribution >= 4 is 0 Å². The van der Waals surface area contributed by atoms with E-state index >= 15 is 0 Å². The Kier molecular flexibility index (Phi) is 4.02. The van der Waals surface area contributed by atoms with Gasteiger partial charge in [0, 0.05) is 6.04 Å². The summed E-state index contributed by atoms with van der Waals surface area (Å²) in [6.45, 7) is 5.31. The van der Waals surface area contributed by atoms with Gasteiger partial charge in [0.15, 0.2) is 0 Å². The highest BCUT2D eigenvalue weighted by atomic mass is 15.2. The molecule has 0 aromatic heterocycles. The number of likely N-dealkylation sites (tertiary alicyclic amines) is 1. The molecule has 2 nitrogen and oxygen atoms in total. The molecule has 1 saturated carbocycles. The standard InChI is InChI=1S/C15H28N2/c1-2-5-14(4-1)15-6-3-10-17(15)11-8-13-7-9-16-12-13/h13-16H,1-12H2. The fourth-order valence-electron chi connectivity index (χ4n) is 4.31. The van der Waals surface area contributed by atoms with Crippen molar-refractivity contribution in [1.29, 1.82) is 0 Å². The molecule has 0 radical (unpaired) electrons. The van der Waals surface area contributed by atoms with E-state index in [9.17, 15) is 0 Å². The normalized spacial score (nSPS) is 36.0. The Balaban J connectivity index is 1.47. The van der Waals surface area contributed by atoms with Crippen molar-refractivity contribution in [2.75, 3.05) is 26.2 Å². The summed E-state index contributed by atoms with van der Waals surface area (Å²) < 4.78 is 0. The van der Waals surface area contributed by atoms with Crippen molar-refractivity contribution in [3.8, 4) is 0 Å². The van der Waals surface area contributed by atoms with Crippen molar-refractivity contribution in [3.63, 3.8) is 0 Å². The van der Waals surface area contributed by atoms with Crippen molar-refractivity contribution in [3.05, 3.63) is 0 Å². The van der Waals surface area contributed by atoms with Crippen LogP contribution in [0.4, 0.5) is 0 Å². The largest absolute Gasteiger partial charge is 0.316 e. The lowest BCUT2D eigenvalue weighted by Crippen LogP contribution is -2.36. The van der Waals surface area contributed by atoms with Crippen LogP contribution in [-0.4, -0.2) is 37.1 Å². The summed E-state index contributed by atoms with van der Waals surface area (Å²) >= 11 is 0. The molecule has 98 valence electrons. The van der Waals surface area contributed by atoms with E-state index in [0.717, 1.165) is 17.9 Å². The van der Waals surface area contributed by atoms with Crippen LogP contribution in [0, 0.1) is 11.8 Å². The zero-order chi connectivity index (χ0) is 11.5. The van der Waals surface area contributed by atoms with Crippen LogP contribution in [0.25, 0.3) is 0 Å². The fraction of sp³-hybridized carbons (Fsp3) is 1.00. The lowest BCUT2D eigenvalue weighted by Gasteiger charge is -2.30. The first-order valence-electron chi connectivity index (χ1n) is 7.88. The molecule has 0 aromatic carbocycles. The van der Waals surface area contributed by atoms with Gasteiger partial charge in [0.2, 0.25) is 0 Å². The summed E-state index contributed by atoms with van der Waals surface area (Å²) in [5, 5.41) is 3.50. The summed E-state index contributed by atoms with van der Waals surface area (Å²) in [6, 6.07) is 0.965. The number of hydrogen-bond acceptors (Lipinski definition) is 2. The monoisotopic (exact) mass is 236 g/mol. The highest BCUT2D eigenvalue weighted by molar-refractivity contribution is 4.88. The quantitative estimate of drug-likeness (QED) is 0.807. The average molecular weight is 236 g/mol. The maximum atomic E-state index is 3.50. The zero-order valence-electron chi connectivity index (χ0n) is 11.2. The highest BCUT2D eigenvalue weighted by Gasteiger charge is 2.33. The summed E-state index contributed by atoms with van der Waals surface area (Å²) in [4.78, 5) is 2.84. The van der Waals surface area contributed by atoms with Crippen LogP contribution in [-0.2, 0) is 0 Å². The number of hydrogen-bond donors (Lipinski definition) is 1. The lowest BCUT2D eigenvalue weighted by molar-refractivity contribution is 0.180. The van der Waals surface area contributed by atoms with E-state index < -0.39 is 0 Å². The minimum atomic E-state index is 0.965. The van der Waals surface area contributed by atoms with E-state index in [4.69, 9.17) is 0 Å². The molecule has 3 aliphatic rings. The first-order chi connectivity index (χ1) is 8.43. The van der Waals surface area contributed by atoms with Crippen LogP contribution in [0.2, 0.25) is 0 Å². The van der Waals surface area contributed by atoms with Gasteiger partial charge in [-0.05, 0) is 76.5 Å². The molecule has 2 heterocycles. The molecule has 1 N–H and O–H groups in total. The molecule has 2 heteroatoms. The van der Waals surface area contributed by atoms with Gasteiger partial charge in [-0.2, -0.15) is 0 Å². The molecule has 2 atom stereocenters. The van der Waals surface area contributed by atoms with Gasteiger partial charge < -0.3 is 10.2 Å². The minimum absolute atomic E-state index is 0.965. The molecule has 17 heavy (non-hydrogen) atoms. The molecule has 3 fully saturated rings. The highest BCUT2D eigenvalue weighted by Crippen LogP contribution is 2.35. The predicted octanol–water partition coefficient (Wildman–Crippen LogP) is 2.64. The molecule has 0 aromatic rings. The second kappa shape index (κ2) is 5.71. The summed E-state index contributed by atoms with van der Waals surface area (Å²) in [6.07, 6.45) is 11.9. The third kappa shape index (κ3) is 2.85. The van der Waals surface area contributed by atoms with Crippen LogP contribution in [0.3, 0.4) is 0 Å². The Hall–Kier alpha value is -0.0800. The maximum absolute atomic E-state index is 3.50. The maximum Gasteiger partial charge on any atom is 0.0124 e. The van der Waals surface area contributed by atoms with Crippen LogP contribution < -0.4 is 5.32 Å². The average Bonchev–Trinajstić information content (AvgIpc) is 3.09. The third-order valence-corrected chi connectivity index (χ3v) is 5.35. The topological polar surface area (TPSA) is 15.3 Å². The van der Waals surface area contributed by atoms with E-state index in [1.807, 2.05) is 0 Å². The first-order valence-corrected chi connectivity index (χ1v) is 7.88. The first kappa shape index (κ1) is 12.0. The van der Waals surface area contributed by atoms with Gasteiger partial charge in [-0.25, -0.2) is 0 Å². The van der Waals surface area contributed by atoms with E-state index in [1.54, 1.807) is 0 Å². The molecule has 0 bridgehead atoms. The molecule has 3 rings (SSSR count). The van der Waals surface area contributed by atoms with E-state index in [2.05, 4.69) is 10.2 Å². The summed E-state index contributed by atoms with van der Waals surface area (Å²) in [5.41, 5.74) is 0. The smallest absolute Gasteiger partial charge is 0.0124 e. The third-order valence-electron chi connectivity index (χ3n) is 5.35. The molecule has 2 saturated heterocycles. The molecule has 2 unspecified atom stereocenters. The Morgan fingerprint density at radius 3 is 2.65 bits per heavy atom. The van der Waals surface area contributed by atoms with E-state index in [-0.39, 0.29) is 0 Å². The van der Waals surface area contributed by atoms with Crippen LogP contribution in [0.15, 0.2) is 0 Å². The number of nitrogens with one attached hydrogen (secondary N) is 1. The number of nitrogens with zero attached hydrogens (tertiary/aromatic N) is 1. The van der Waals surface area contributed by atoms with Gasteiger partial charge in [-0.15, -0.1) is 0 Å².